The predicted octanol–water partition coefficient (Wildman–Crippen LogP) is 4.85. The van der Waals surface area contributed by atoms with Crippen molar-refractivity contribution in [3.8, 4) is 16.9 Å². The lowest BCUT2D eigenvalue weighted by Crippen LogP contribution is -2.60. The van der Waals surface area contributed by atoms with Crippen LogP contribution in [-0.2, 0) is 41.6 Å². The Morgan fingerprint density at radius 2 is 1.54 bits per heavy atom. The number of methoxy groups -OCH3 is 1. The third kappa shape index (κ3) is 11.5. The number of aryl methyl sites for hydroxylation is 1. The van der Waals surface area contributed by atoms with Crippen LogP contribution in [0.25, 0.3) is 16.9 Å². The third-order valence-corrected chi connectivity index (χ3v) is 14.3. The Morgan fingerprint density at radius 3 is 2.18 bits per heavy atom. The van der Waals surface area contributed by atoms with Crippen LogP contribution in [0.4, 0.5) is 0 Å². The molecule has 6 rings (SSSR count). The highest BCUT2D eigenvalue weighted by atomic mass is 16.7. The Balaban J connectivity index is 1.15. The van der Waals surface area contributed by atoms with E-state index in [-0.39, 0.29) is 30.3 Å². The molecule has 2 fully saturated rings. The van der Waals surface area contributed by atoms with Crippen LogP contribution in [0.15, 0.2) is 77.9 Å². The zero-order valence-corrected chi connectivity index (χ0v) is 40.8. The van der Waals surface area contributed by atoms with E-state index in [1.807, 2.05) is 81.8 Å². The van der Waals surface area contributed by atoms with Crippen LogP contribution >= 0.6 is 0 Å². The third-order valence-electron chi connectivity index (χ3n) is 14.3. The number of nitrogens with zero attached hydrogens (tertiary/aromatic N) is 5. The molecule has 2 aromatic carbocycles. The van der Waals surface area contributed by atoms with Crippen LogP contribution in [0.5, 0.6) is 0 Å². The topological polar surface area (TPSA) is 208 Å². The molecule has 0 unspecified atom stereocenters. The number of hydrogen-bond acceptors (Lipinski definition) is 14. The quantitative estimate of drug-likeness (QED) is 0.148. The molecule has 2 aromatic heterocycles. The summed E-state index contributed by atoms with van der Waals surface area (Å²) in [6, 6.07) is 18.7. The number of ketones is 1. The molecule has 4 aromatic rings. The highest BCUT2D eigenvalue weighted by Gasteiger charge is 2.52. The first-order chi connectivity index (χ1) is 31.6. The van der Waals surface area contributed by atoms with E-state index in [4.69, 9.17) is 18.9 Å². The van der Waals surface area contributed by atoms with Gasteiger partial charge in [-0.05, 0) is 89.8 Å². The number of likely N-dealkylation sites (N-methyl/N-ethyl adjacent to an activating group) is 1. The number of carbonyl (C=O) groups is 2. The summed E-state index contributed by atoms with van der Waals surface area (Å²) < 4.78 is 28.4. The number of esters is 1. The summed E-state index contributed by atoms with van der Waals surface area (Å²) in [6.45, 7) is 16.2. The molecule has 67 heavy (non-hydrogen) atoms. The van der Waals surface area contributed by atoms with Gasteiger partial charge in [0.25, 0.3) is 5.56 Å². The molecule has 2 aliphatic heterocycles. The lowest BCUT2D eigenvalue weighted by molar-refractivity contribution is -0.302. The summed E-state index contributed by atoms with van der Waals surface area (Å²) in [5, 5.41) is 55.5. The van der Waals surface area contributed by atoms with Crippen molar-refractivity contribution in [2.75, 3.05) is 14.2 Å². The molecule has 16 nitrogen and oxygen atoms in total. The van der Waals surface area contributed by atoms with E-state index in [0.717, 1.165) is 27.9 Å². The van der Waals surface area contributed by atoms with Gasteiger partial charge in [-0.1, -0.05) is 75.4 Å². The lowest BCUT2D eigenvalue weighted by Gasteiger charge is -2.48. The smallest absolute Gasteiger partial charge is 0.311 e. The highest BCUT2D eigenvalue weighted by molar-refractivity contribution is 5.83. The normalized spacial score (nSPS) is 33.6. The number of aromatic nitrogens is 4. The van der Waals surface area contributed by atoms with Gasteiger partial charge in [0, 0.05) is 61.0 Å². The van der Waals surface area contributed by atoms with Crippen LogP contribution in [-0.4, -0.2) is 131 Å². The van der Waals surface area contributed by atoms with Crippen LogP contribution in [0.1, 0.15) is 91.3 Å². The first-order valence-corrected chi connectivity index (χ1v) is 23.4. The molecule has 4 N–H and O–H groups in total. The summed E-state index contributed by atoms with van der Waals surface area (Å²) in [6.07, 6.45) is -3.34. The molecule has 0 radical (unpaired) electrons. The molecule has 366 valence electrons. The summed E-state index contributed by atoms with van der Waals surface area (Å²) in [7, 11) is 3.41. The van der Waals surface area contributed by atoms with Gasteiger partial charge in [-0.15, -0.1) is 5.10 Å². The second kappa shape index (κ2) is 21.3. The maximum atomic E-state index is 13.9. The Kier molecular flexibility index (Phi) is 16.5. The van der Waals surface area contributed by atoms with Crippen molar-refractivity contribution in [3.05, 3.63) is 100 Å². The van der Waals surface area contributed by atoms with Gasteiger partial charge in [0.15, 0.2) is 6.29 Å². The number of ether oxygens (including phenoxy) is 4. The SMILES string of the molecule is CC[C@H]1OC(=O)[C@H](C)[C@@H](O)[C@H](C)[C@@H](O[C@@H]2O[C@H](C)C[C@H](N(C)Cc3ccc(-c4cn(Cc5ccc(-n6cc(C)ccc6=O)cc5)nn4)cc3)[C@H]2O)[C@](C)(OC)C[C@@H](C)C(=O)[C@H](C)[C@@H](O)[C@]1(C)O. The number of pyridine rings is 1. The fourth-order valence-corrected chi connectivity index (χ4v) is 9.95. The maximum Gasteiger partial charge on any atom is 0.311 e. The van der Waals surface area contributed by atoms with E-state index in [0.29, 0.717) is 25.2 Å². The standard InChI is InChI=1S/C51H71N5O11/c1-12-41-51(9,63)46(61)32(5)43(58)30(3)24-50(8,64-11)47(33(6)44(59)34(7)48(62)66-41)67-49-45(60)40(23-31(4)65-49)54(10)26-35-14-18-37(19-15-35)39-28-55(53-52-39)27-36-16-20-38(21-17-36)56-25-29(2)13-22-42(56)57/h13-22,25,28,30-34,40-41,44-47,49,59-61,63H,12,23-24,26-27H2,1-11H3/t30-,31-,32+,33+,34-,40+,41-,44+,45-,46-,47-,49+,50-,51-/m1/s1. The monoisotopic (exact) mass is 930 g/mol. The number of carbonyl (C=O) groups excluding carboxylic acids is 2. The number of rotatable bonds is 11. The minimum absolute atomic E-state index is 0.0837. The average Bonchev–Trinajstić information content (AvgIpc) is 3.78. The minimum atomic E-state index is -1.96. The van der Waals surface area contributed by atoms with Crippen molar-refractivity contribution < 1.29 is 49.0 Å². The molecular formula is C51H71N5O11. The molecule has 0 bridgehead atoms. The van der Waals surface area contributed by atoms with Crippen molar-refractivity contribution >= 4 is 11.8 Å². The van der Waals surface area contributed by atoms with Gasteiger partial charge < -0.3 is 39.4 Å². The zero-order valence-electron chi connectivity index (χ0n) is 40.8. The van der Waals surface area contributed by atoms with Crippen molar-refractivity contribution in [2.24, 2.45) is 23.7 Å². The van der Waals surface area contributed by atoms with E-state index < -0.39 is 83.7 Å². The number of benzene rings is 2. The van der Waals surface area contributed by atoms with E-state index in [9.17, 15) is 34.8 Å². The second-order valence-electron chi connectivity index (χ2n) is 19.6. The van der Waals surface area contributed by atoms with Gasteiger partial charge in [0.05, 0.1) is 48.7 Å². The minimum Gasteiger partial charge on any atom is -0.459 e. The first-order valence-electron chi connectivity index (χ1n) is 23.4. The van der Waals surface area contributed by atoms with E-state index in [1.165, 1.54) is 21.0 Å². The lowest BCUT2D eigenvalue weighted by atomic mass is 9.74. The number of Topliss-reactive ketones (excluding diaryl/α,β-unsaturated/α-hetero) is 1. The van der Waals surface area contributed by atoms with E-state index in [1.54, 1.807) is 56.0 Å². The average molecular weight is 930 g/mol. The molecule has 14 atom stereocenters. The second-order valence-corrected chi connectivity index (χ2v) is 19.6. The summed E-state index contributed by atoms with van der Waals surface area (Å²) in [5.74, 6) is -4.79. The van der Waals surface area contributed by atoms with E-state index in [2.05, 4.69) is 15.2 Å². The fourth-order valence-electron chi connectivity index (χ4n) is 9.95. The van der Waals surface area contributed by atoms with Gasteiger partial charge >= 0.3 is 5.97 Å². The first kappa shape index (κ1) is 51.7. The van der Waals surface area contributed by atoms with Crippen LogP contribution < -0.4 is 5.56 Å². The van der Waals surface area contributed by atoms with Crippen LogP contribution in [0.3, 0.4) is 0 Å². The van der Waals surface area contributed by atoms with Crippen LogP contribution in [0, 0.1) is 30.6 Å². The summed E-state index contributed by atoms with van der Waals surface area (Å²) in [4.78, 5) is 42.0. The van der Waals surface area contributed by atoms with E-state index >= 15 is 0 Å². The Hall–Kier alpha value is -4.65. The maximum absolute atomic E-state index is 13.9. The largest absolute Gasteiger partial charge is 0.459 e. The summed E-state index contributed by atoms with van der Waals surface area (Å²) >= 11 is 0. The Morgan fingerprint density at radius 1 is 0.881 bits per heavy atom. The number of aliphatic hydroxyl groups is 4. The Labute approximate surface area is 393 Å². The van der Waals surface area contributed by atoms with Gasteiger partial charge in [0.2, 0.25) is 0 Å². The van der Waals surface area contributed by atoms with Gasteiger partial charge in [0.1, 0.15) is 29.3 Å². The number of hydrogen-bond donors (Lipinski definition) is 4. The molecule has 4 heterocycles. The van der Waals surface area contributed by atoms with Gasteiger partial charge in [-0.3, -0.25) is 23.9 Å². The molecule has 2 aliphatic rings. The molecular weight excluding hydrogens is 859 g/mol. The zero-order chi connectivity index (χ0) is 49.1. The van der Waals surface area contributed by atoms with Crippen molar-refractivity contribution in [2.45, 2.75) is 155 Å². The van der Waals surface area contributed by atoms with Gasteiger partial charge in [-0.2, -0.15) is 0 Å². The highest BCUT2D eigenvalue weighted by Crippen LogP contribution is 2.39. The van der Waals surface area contributed by atoms with Crippen molar-refractivity contribution in [1.29, 1.82) is 0 Å². The summed E-state index contributed by atoms with van der Waals surface area (Å²) in [5.41, 5.74) is 2.06. The molecule has 2 saturated heterocycles. The number of aliphatic hydroxyl groups excluding tert-OH is 3. The van der Waals surface area contributed by atoms with Crippen molar-refractivity contribution in [1.82, 2.24) is 24.5 Å². The molecule has 0 amide bonds. The van der Waals surface area contributed by atoms with Crippen molar-refractivity contribution in [3.63, 3.8) is 0 Å². The molecule has 16 heteroatoms. The molecule has 0 spiro atoms. The molecule has 0 aliphatic carbocycles. The predicted molar refractivity (Wildman–Crippen MR) is 251 cm³/mol. The number of cyclic esters (lactones) is 1. The van der Waals surface area contributed by atoms with Gasteiger partial charge in [-0.25, -0.2) is 4.68 Å². The fraction of sp³-hybridized carbons (Fsp3) is 0.588. The molecule has 0 saturated carbocycles. The Bertz CT molecular complexity index is 2350. The van der Waals surface area contributed by atoms with Crippen LogP contribution in [0.2, 0.25) is 0 Å².